The Hall–Kier alpha value is -2.71. The van der Waals surface area contributed by atoms with Crippen LogP contribution >= 0.6 is 0 Å². The molecule has 0 aliphatic carbocycles. The normalized spacial score (nSPS) is 16.0. The van der Waals surface area contributed by atoms with E-state index in [0.29, 0.717) is 30.8 Å². The summed E-state index contributed by atoms with van der Waals surface area (Å²) in [7, 11) is -2.05. The lowest BCUT2D eigenvalue weighted by Crippen LogP contribution is -2.47. The van der Waals surface area contributed by atoms with Gasteiger partial charge in [0.1, 0.15) is 6.04 Å². The summed E-state index contributed by atoms with van der Waals surface area (Å²) in [6.07, 6.45) is 0.440. The van der Waals surface area contributed by atoms with Gasteiger partial charge in [-0.3, -0.25) is 14.5 Å². The minimum atomic E-state index is -3.60. The number of nitrogens with one attached hydrogen (secondary N) is 1. The number of sulfonamides is 1. The first-order valence-electron chi connectivity index (χ1n) is 9.58. The van der Waals surface area contributed by atoms with E-state index >= 15 is 0 Å². The highest BCUT2D eigenvalue weighted by molar-refractivity contribution is 7.89. The fourth-order valence-corrected chi connectivity index (χ4v) is 5.09. The molecule has 1 unspecified atom stereocenters. The van der Waals surface area contributed by atoms with E-state index in [0.717, 1.165) is 5.56 Å². The maximum Gasteiger partial charge on any atom is 0.259 e. The number of hydrogen-bond acceptors (Lipinski definition) is 4. The number of carbonyl (C=O) groups excluding carboxylic acids is 2. The summed E-state index contributed by atoms with van der Waals surface area (Å²) < 4.78 is 26.7. The van der Waals surface area contributed by atoms with Crippen LogP contribution in [0.5, 0.6) is 0 Å². The zero-order valence-electron chi connectivity index (χ0n) is 16.8. The maximum atomic E-state index is 13.2. The average molecular weight is 416 g/mol. The molecule has 7 nitrogen and oxygen atoms in total. The third kappa shape index (κ3) is 3.77. The monoisotopic (exact) mass is 415 g/mol. The minimum absolute atomic E-state index is 0.141. The van der Waals surface area contributed by atoms with E-state index in [2.05, 4.69) is 5.32 Å². The van der Waals surface area contributed by atoms with Crippen molar-refractivity contribution in [1.82, 2.24) is 9.62 Å². The molecule has 1 N–H and O–H groups in total. The van der Waals surface area contributed by atoms with Gasteiger partial charge in [-0.05, 0) is 35.9 Å². The molecule has 0 radical (unpaired) electrons. The molecule has 154 valence electrons. The Bertz CT molecular complexity index is 1010. The minimum Gasteiger partial charge on any atom is -0.357 e. The quantitative estimate of drug-likeness (QED) is 0.782. The van der Waals surface area contributed by atoms with Gasteiger partial charge in [0.05, 0.1) is 4.90 Å². The third-order valence-corrected chi connectivity index (χ3v) is 7.25. The molecule has 0 fully saturated rings. The van der Waals surface area contributed by atoms with Crippen LogP contribution in [0.3, 0.4) is 0 Å². The molecule has 1 aliphatic rings. The first-order valence-corrected chi connectivity index (χ1v) is 11.0. The number of carbonyl (C=O) groups is 2. The number of para-hydroxylation sites is 1. The molecular weight excluding hydrogens is 390 g/mol. The first-order chi connectivity index (χ1) is 13.8. The number of anilines is 1. The summed E-state index contributed by atoms with van der Waals surface area (Å²) in [5, 5.41) is 2.61. The summed E-state index contributed by atoms with van der Waals surface area (Å²) in [6.45, 7) is 4.31. The zero-order chi connectivity index (χ0) is 21.2. The van der Waals surface area contributed by atoms with Gasteiger partial charge in [0, 0.05) is 37.8 Å². The second-order valence-corrected chi connectivity index (χ2v) is 8.69. The third-order valence-electron chi connectivity index (χ3n) is 5.19. The number of likely N-dealkylation sites (N-methyl/N-ethyl adjacent to an activating group) is 1. The van der Waals surface area contributed by atoms with Gasteiger partial charge in [0.25, 0.3) is 5.91 Å². The SMILES string of the molecule is CCN(CC)S(=O)(=O)c1ccc(C(=O)N2c3ccccc3CC2C(=O)NC)cc1. The van der Waals surface area contributed by atoms with Crippen LogP contribution in [-0.4, -0.2) is 50.7 Å². The first kappa shape index (κ1) is 21.0. The van der Waals surface area contributed by atoms with E-state index in [1.165, 1.54) is 33.5 Å². The molecule has 3 rings (SSSR count). The van der Waals surface area contributed by atoms with Crippen molar-refractivity contribution in [2.75, 3.05) is 25.0 Å². The Morgan fingerprint density at radius 3 is 2.28 bits per heavy atom. The Morgan fingerprint density at radius 1 is 1.07 bits per heavy atom. The Labute approximate surface area is 171 Å². The number of amides is 2. The Balaban J connectivity index is 1.94. The van der Waals surface area contributed by atoms with Crippen LogP contribution in [0, 0.1) is 0 Å². The van der Waals surface area contributed by atoms with E-state index in [1.807, 2.05) is 24.3 Å². The molecule has 8 heteroatoms. The van der Waals surface area contributed by atoms with Gasteiger partial charge in [-0.1, -0.05) is 32.0 Å². The zero-order valence-corrected chi connectivity index (χ0v) is 17.6. The topological polar surface area (TPSA) is 86.8 Å². The summed E-state index contributed by atoms with van der Waals surface area (Å²) in [5.41, 5.74) is 1.95. The molecule has 0 bridgehead atoms. The molecule has 2 aromatic rings. The van der Waals surface area contributed by atoms with Gasteiger partial charge in [-0.25, -0.2) is 8.42 Å². The van der Waals surface area contributed by atoms with Gasteiger partial charge in [0.2, 0.25) is 15.9 Å². The van der Waals surface area contributed by atoms with Crippen molar-refractivity contribution < 1.29 is 18.0 Å². The molecule has 2 aromatic carbocycles. The summed E-state index contributed by atoms with van der Waals surface area (Å²) in [6, 6.07) is 12.7. The van der Waals surface area contributed by atoms with Crippen LogP contribution < -0.4 is 10.2 Å². The fraction of sp³-hybridized carbons (Fsp3) is 0.333. The van der Waals surface area contributed by atoms with E-state index < -0.39 is 16.1 Å². The highest BCUT2D eigenvalue weighted by atomic mass is 32.2. The van der Waals surface area contributed by atoms with Crippen molar-refractivity contribution in [2.24, 2.45) is 0 Å². The number of rotatable bonds is 6. The largest absolute Gasteiger partial charge is 0.357 e. The van der Waals surface area contributed by atoms with Crippen molar-refractivity contribution >= 4 is 27.5 Å². The lowest BCUT2D eigenvalue weighted by atomic mass is 10.1. The predicted molar refractivity (Wildman–Crippen MR) is 111 cm³/mol. The van der Waals surface area contributed by atoms with Crippen LogP contribution in [0.4, 0.5) is 5.69 Å². The van der Waals surface area contributed by atoms with Gasteiger partial charge >= 0.3 is 0 Å². The van der Waals surface area contributed by atoms with E-state index in [4.69, 9.17) is 0 Å². The number of benzene rings is 2. The van der Waals surface area contributed by atoms with E-state index in [1.54, 1.807) is 20.9 Å². The summed E-state index contributed by atoms with van der Waals surface area (Å²) >= 11 is 0. The van der Waals surface area contributed by atoms with E-state index in [-0.39, 0.29) is 16.7 Å². The molecule has 2 amide bonds. The van der Waals surface area contributed by atoms with Crippen molar-refractivity contribution in [1.29, 1.82) is 0 Å². The summed E-state index contributed by atoms with van der Waals surface area (Å²) in [5.74, 6) is -0.578. The van der Waals surface area contributed by atoms with Crippen molar-refractivity contribution in [2.45, 2.75) is 31.2 Å². The molecule has 0 spiro atoms. The molecule has 29 heavy (non-hydrogen) atoms. The Kier molecular flexibility index (Phi) is 6.04. The van der Waals surface area contributed by atoms with Crippen molar-refractivity contribution in [3.05, 3.63) is 59.7 Å². The predicted octanol–water partition coefficient (Wildman–Crippen LogP) is 2.03. The fourth-order valence-electron chi connectivity index (χ4n) is 3.63. The van der Waals surface area contributed by atoms with Gasteiger partial charge < -0.3 is 5.32 Å². The van der Waals surface area contributed by atoms with Gasteiger partial charge in [-0.15, -0.1) is 0 Å². The van der Waals surface area contributed by atoms with Crippen LogP contribution in [0.2, 0.25) is 0 Å². The molecule has 1 aliphatic heterocycles. The molecule has 1 atom stereocenters. The molecular formula is C21H25N3O4S. The molecule has 0 saturated carbocycles. The molecule has 1 heterocycles. The van der Waals surface area contributed by atoms with Crippen LogP contribution in [0.1, 0.15) is 29.8 Å². The summed E-state index contributed by atoms with van der Waals surface area (Å²) in [4.78, 5) is 27.2. The second-order valence-electron chi connectivity index (χ2n) is 6.75. The average Bonchev–Trinajstić information content (AvgIpc) is 3.13. The van der Waals surface area contributed by atoms with Crippen molar-refractivity contribution in [3.8, 4) is 0 Å². The van der Waals surface area contributed by atoms with E-state index in [9.17, 15) is 18.0 Å². The Morgan fingerprint density at radius 2 is 1.69 bits per heavy atom. The number of hydrogen-bond donors (Lipinski definition) is 1. The highest BCUT2D eigenvalue weighted by Gasteiger charge is 2.38. The standard InChI is InChI=1S/C21H25N3O4S/c1-4-23(5-2)29(27,28)17-12-10-15(11-13-17)21(26)24-18-9-7-6-8-16(18)14-19(24)20(25)22-3/h6-13,19H,4-5,14H2,1-3H3,(H,22,25). The molecule has 0 aromatic heterocycles. The smallest absolute Gasteiger partial charge is 0.259 e. The van der Waals surface area contributed by atoms with Crippen LogP contribution in [-0.2, 0) is 21.2 Å². The lowest BCUT2D eigenvalue weighted by Gasteiger charge is -2.24. The van der Waals surface area contributed by atoms with Crippen LogP contribution in [0.25, 0.3) is 0 Å². The number of nitrogens with zero attached hydrogens (tertiary/aromatic N) is 2. The second kappa shape index (κ2) is 8.34. The van der Waals surface area contributed by atoms with Gasteiger partial charge in [0.15, 0.2) is 0 Å². The lowest BCUT2D eigenvalue weighted by molar-refractivity contribution is -0.121. The highest BCUT2D eigenvalue weighted by Crippen LogP contribution is 2.33. The maximum absolute atomic E-state index is 13.2. The van der Waals surface area contributed by atoms with Gasteiger partial charge in [-0.2, -0.15) is 4.31 Å². The van der Waals surface area contributed by atoms with Crippen molar-refractivity contribution in [3.63, 3.8) is 0 Å². The number of fused-ring (bicyclic) bond motifs is 1. The van der Waals surface area contributed by atoms with Crippen LogP contribution in [0.15, 0.2) is 53.4 Å². The molecule has 0 saturated heterocycles.